The molecule has 0 bridgehead atoms. The van der Waals surface area contributed by atoms with Gasteiger partial charge >= 0.3 is 5.97 Å². The third-order valence-electron chi connectivity index (χ3n) is 7.10. The zero-order valence-electron chi connectivity index (χ0n) is 20.5. The number of carbonyl (C=O) groups is 1. The van der Waals surface area contributed by atoms with Crippen LogP contribution >= 0.6 is 0 Å². The van der Waals surface area contributed by atoms with Crippen molar-refractivity contribution >= 4 is 12.0 Å². The van der Waals surface area contributed by atoms with Crippen LogP contribution in [0.1, 0.15) is 84.8 Å². The Morgan fingerprint density at radius 3 is 2.21 bits per heavy atom. The van der Waals surface area contributed by atoms with Gasteiger partial charge in [-0.2, -0.15) is 0 Å². The van der Waals surface area contributed by atoms with Crippen LogP contribution in [0.3, 0.4) is 0 Å². The number of aromatic carboxylic acids is 1. The minimum absolute atomic E-state index is 0.126. The number of ether oxygens (including phenoxy) is 1. The second-order valence-electron chi connectivity index (χ2n) is 10.6. The van der Waals surface area contributed by atoms with Crippen LogP contribution in [-0.4, -0.2) is 11.1 Å². The standard InChI is InChI=1S/C31H34O3/c1-30(2)18-19-31(3,4)27-20-25(15-16-26(27)30)28(34-21-23-8-6-5-7-9-23)17-12-22-10-13-24(14-11-22)29(32)33/h5-17,20,28H,18-19,21H2,1-4H3,(H,32,33)/b17-12+. The first-order valence-corrected chi connectivity index (χ1v) is 12.0. The number of benzene rings is 3. The topological polar surface area (TPSA) is 46.5 Å². The van der Waals surface area contributed by atoms with Gasteiger partial charge in [-0.15, -0.1) is 0 Å². The molecule has 0 heterocycles. The summed E-state index contributed by atoms with van der Waals surface area (Å²) in [6.07, 6.45) is 6.21. The molecule has 3 aromatic rings. The molecular formula is C31H34O3. The highest BCUT2D eigenvalue weighted by molar-refractivity contribution is 5.87. The predicted molar refractivity (Wildman–Crippen MR) is 138 cm³/mol. The van der Waals surface area contributed by atoms with Gasteiger partial charge in [0.1, 0.15) is 6.10 Å². The predicted octanol–water partition coefficient (Wildman–Crippen LogP) is 7.71. The molecule has 1 aliphatic carbocycles. The zero-order valence-corrected chi connectivity index (χ0v) is 20.5. The van der Waals surface area contributed by atoms with Gasteiger partial charge in [0.05, 0.1) is 12.2 Å². The van der Waals surface area contributed by atoms with E-state index in [2.05, 4.69) is 64.1 Å². The number of carboxylic acid groups (broad SMARTS) is 1. The monoisotopic (exact) mass is 454 g/mol. The smallest absolute Gasteiger partial charge is 0.335 e. The van der Waals surface area contributed by atoms with Crippen molar-refractivity contribution in [2.45, 2.75) is 64.1 Å². The first kappa shape index (κ1) is 24.0. The SMILES string of the molecule is CC1(C)CCC(C)(C)c2cc(C(/C=C/c3ccc(C(=O)O)cc3)OCc3ccccc3)ccc21. The van der Waals surface area contributed by atoms with Gasteiger partial charge in [-0.3, -0.25) is 0 Å². The molecule has 1 aliphatic rings. The third kappa shape index (κ3) is 5.31. The number of hydrogen-bond donors (Lipinski definition) is 1. The van der Waals surface area contributed by atoms with Crippen molar-refractivity contribution in [3.63, 3.8) is 0 Å². The van der Waals surface area contributed by atoms with Gasteiger partial charge in [0.2, 0.25) is 0 Å². The van der Waals surface area contributed by atoms with E-state index >= 15 is 0 Å². The molecule has 3 heteroatoms. The van der Waals surface area contributed by atoms with Gasteiger partial charge in [-0.05, 0) is 63.6 Å². The normalized spacial score (nSPS) is 17.3. The summed E-state index contributed by atoms with van der Waals surface area (Å²) in [5.74, 6) is -0.917. The lowest BCUT2D eigenvalue weighted by Crippen LogP contribution is -2.34. The summed E-state index contributed by atoms with van der Waals surface area (Å²) in [5.41, 5.74) is 6.64. The van der Waals surface area contributed by atoms with Gasteiger partial charge in [0.15, 0.2) is 0 Å². The summed E-state index contributed by atoms with van der Waals surface area (Å²) in [6.45, 7) is 9.87. The molecule has 4 rings (SSSR count). The Kier molecular flexibility index (Phi) is 6.77. The maximum absolute atomic E-state index is 11.2. The van der Waals surface area contributed by atoms with Crippen LogP contribution in [0, 0.1) is 0 Å². The van der Waals surface area contributed by atoms with E-state index in [1.54, 1.807) is 12.1 Å². The zero-order chi connectivity index (χ0) is 24.3. The van der Waals surface area contributed by atoms with Crippen LogP contribution in [-0.2, 0) is 22.2 Å². The number of rotatable bonds is 7. The van der Waals surface area contributed by atoms with Crippen LogP contribution in [0.25, 0.3) is 6.08 Å². The van der Waals surface area contributed by atoms with E-state index in [-0.39, 0.29) is 22.5 Å². The highest BCUT2D eigenvalue weighted by Crippen LogP contribution is 2.46. The Morgan fingerprint density at radius 2 is 1.56 bits per heavy atom. The molecule has 0 amide bonds. The van der Waals surface area contributed by atoms with Crippen LogP contribution in [0.4, 0.5) is 0 Å². The van der Waals surface area contributed by atoms with Crippen molar-refractivity contribution in [1.29, 1.82) is 0 Å². The highest BCUT2D eigenvalue weighted by Gasteiger charge is 2.37. The fourth-order valence-corrected chi connectivity index (χ4v) is 4.74. The summed E-state index contributed by atoms with van der Waals surface area (Å²) in [6, 6.07) is 24.0. The molecular weight excluding hydrogens is 420 g/mol. The average Bonchev–Trinajstić information content (AvgIpc) is 2.83. The van der Waals surface area contributed by atoms with Crippen molar-refractivity contribution in [3.05, 3.63) is 112 Å². The van der Waals surface area contributed by atoms with E-state index < -0.39 is 5.97 Å². The molecule has 0 fully saturated rings. The minimum atomic E-state index is -0.917. The lowest BCUT2D eigenvalue weighted by molar-refractivity contribution is 0.0696. The molecule has 3 aromatic carbocycles. The van der Waals surface area contributed by atoms with E-state index in [0.29, 0.717) is 6.61 Å². The van der Waals surface area contributed by atoms with Crippen molar-refractivity contribution in [2.75, 3.05) is 0 Å². The highest BCUT2D eigenvalue weighted by atomic mass is 16.5. The van der Waals surface area contributed by atoms with Gasteiger partial charge in [-0.25, -0.2) is 4.79 Å². The van der Waals surface area contributed by atoms with Crippen LogP contribution in [0.5, 0.6) is 0 Å². The summed E-state index contributed by atoms with van der Waals surface area (Å²) in [7, 11) is 0. The number of hydrogen-bond acceptors (Lipinski definition) is 2. The molecule has 0 spiro atoms. The van der Waals surface area contributed by atoms with Crippen LogP contribution in [0.2, 0.25) is 0 Å². The third-order valence-corrected chi connectivity index (χ3v) is 7.10. The molecule has 1 N–H and O–H groups in total. The first-order valence-electron chi connectivity index (χ1n) is 12.0. The largest absolute Gasteiger partial charge is 0.478 e. The Balaban J connectivity index is 1.67. The van der Waals surface area contributed by atoms with E-state index in [1.165, 1.54) is 17.5 Å². The Bertz CT molecular complexity index is 1170. The summed E-state index contributed by atoms with van der Waals surface area (Å²) in [5, 5.41) is 9.16. The first-order chi connectivity index (χ1) is 16.2. The Labute approximate surface area is 203 Å². The van der Waals surface area contributed by atoms with Gasteiger partial charge in [0, 0.05) is 0 Å². The van der Waals surface area contributed by atoms with Crippen molar-refractivity contribution in [2.24, 2.45) is 0 Å². The molecule has 1 atom stereocenters. The minimum Gasteiger partial charge on any atom is -0.478 e. The van der Waals surface area contributed by atoms with Crippen molar-refractivity contribution in [1.82, 2.24) is 0 Å². The summed E-state index contributed by atoms with van der Waals surface area (Å²) in [4.78, 5) is 11.2. The lowest BCUT2D eigenvalue weighted by Gasteiger charge is -2.42. The Morgan fingerprint density at radius 1 is 0.912 bits per heavy atom. The van der Waals surface area contributed by atoms with Crippen LogP contribution < -0.4 is 0 Å². The summed E-state index contributed by atoms with van der Waals surface area (Å²) < 4.78 is 6.43. The second-order valence-corrected chi connectivity index (χ2v) is 10.6. The van der Waals surface area contributed by atoms with E-state index in [9.17, 15) is 4.79 Å². The molecule has 1 unspecified atom stereocenters. The fraction of sp³-hybridized carbons (Fsp3) is 0.323. The molecule has 3 nitrogen and oxygen atoms in total. The van der Waals surface area contributed by atoms with E-state index in [4.69, 9.17) is 9.84 Å². The second kappa shape index (κ2) is 9.60. The van der Waals surface area contributed by atoms with Crippen molar-refractivity contribution in [3.8, 4) is 0 Å². The molecule has 34 heavy (non-hydrogen) atoms. The van der Waals surface area contributed by atoms with Crippen LogP contribution in [0.15, 0.2) is 78.9 Å². The fourth-order valence-electron chi connectivity index (χ4n) is 4.74. The van der Waals surface area contributed by atoms with Crippen molar-refractivity contribution < 1.29 is 14.6 Å². The van der Waals surface area contributed by atoms with E-state index in [0.717, 1.165) is 23.1 Å². The maximum Gasteiger partial charge on any atom is 0.335 e. The lowest BCUT2D eigenvalue weighted by atomic mass is 9.63. The average molecular weight is 455 g/mol. The molecule has 0 saturated carbocycles. The molecule has 0 radical (unpaired) electrons. The van der Waals surface area contributed by atoms with Gasteiger partial charge in [-0.1, -0.05) is 101 Å². The molecule has 0 aliphatic heterocycles. The van der Waals surface area contributed by atoms with E-state index in [1.807, 2.05) is 36.4 Å². The maximum atomic E-state index is 11.2. The molecule has 176 valence electrons. The quantitative estimate of drug-likeness (QED) is 0.398. The van der Waals surface area contributed by atoms with Gasteiger partial charge < -0.3 is 9.84 Å². The summed E-state index contributed by atoms with van der Waals surface area (Å²) >= 11 is 0. The number of fused-ring (bicyclic) bond motifs is 1. The molecule has 0 saturated heterocycles. The van der Waals surface area contributed by atoms with Gasteiger partial charge in [0.25, 0.3) is 0 Å². The Hall–Kier alpha value is -3.17. The molecule has 0 aromatic heterocycles. The number of carboxylic acids is 1.